The molecule has 4 atom stereocenters. The van der Waals surface area contributed by atoms with E-state index in [2.05, 4.69) is 28.6 Å². The highest BCUT2D eigenvalue weighted by molar-refractivity contribution is 7.80. The van der Waals surface area contributed by atoms with Crippen molar-refractivity contribution < 1.29 is 29.4 Å². The molecule has 0 radical (unpaired) electrons. The van der Waals surface area contributed by atoms with Crippen LogP contribution < -0.4 is 27.4 Å². The predicted molar refractivity (Wildman–Crippen MR) is 150 cm³/mol. The average molecular weight is 560 g/mol. The molecule has 0 saturated carbocycles. The topological polar surface area (TPSA) is 197 Å². The Hall–Kier alpha value is -3.61. The van der Waals surface area contributed by atoms with Crippen molar-refractivity contribution in [2.24, 2.45) is 11.5 Å². The summed E-state index contributed by atoms with van der Waals surface area (Å²) in [5, 5.41) is 26.7. The summed E-state index contributed by atoms with van der Waals surface area (Å²) in [5.41, 5.74) is 12.9. The van der Waals surface area contributed by atoms with Gasteiger partial charge in [0.2, 0.25) is 17.7 Å². The first-order chi connectivity index (χ1) is 18.6. The number of phenols is 1. The van der Waals surface area contributed by atoms with Crippen molar-refractivity contribution in [3.8, 4) is 5.75 Å². The van der Waals surface area contributed by atoms with E-state index in [-0.39, 0.29) is 24.3 Å². The molecule has 0 spiro atoms. The standard InChI is InChI=1S/C27H37N5O6S/c28-13-5-4-8-20(29)24(34)30-21(14-17-6-2-1-3-7-17)25(35)32-23(16-39)26(36)31-22(27(37)38)15-18-9-11-19(33)12-10-18/h1-3,6-7,9-12,20-23,33,39H,4-5,8,13-16,28-29H2,(H,30,34)(H,31,36)(H,32,35)(H,37,38). The number of rotatable bonds is 16. The van der Waals surface area contributed by atoms with Crippen LogP contribution in [0.5, 0.6) is 5.75 Å². The molecular formula is C27H37N5O6S. The van der Waals surface area contributed by atoms with Crippen molar-refractivity contribution in [1.82, 2.24) is 16.0 Å². The minimum Gasteiger partial charge on any atom is -0.508 e. The highest BCUT2D eigenvalue weighted by atomic mass is 32.1. The van der Waals surface area contributed by atoms with Gasteiger partial charge in [-0.2, -0.15) is 12.6 Å². The van der Waals surface area contributed by atoms with Gasteiger partial charge in [-0.25, -0.2) is 4.79 Å². The number of phenolic OH excluding ortho intramolecular Hbond substituents is 1. The minimum atomic E-state index is -1.28. The lowest BCUT2D eigenvalue weighted by Crippen LogP contribution is -2.58. The first kappa shape index (κ1) is 31.6. The fourth-order valence-electron chi connectivity index (χ4n) is 3.78. The Kier molecular flexibility index (Phi) is 13.3. The lowest BCUT2D eigenvalue weighted by Gasteiger charge is -2.24. The number of carbonyl (C=O) groups is 4. The van der Waals surface area contributed by atoms with Crippen molar-refractivity contribution in [2.45, 2.75) is 56.3 Å². The highest BCUT2D eigenvalue weighted by Crippen LogP contribution is 2.12. The van der Waals surface area contributed by atoms with Gasteiger partial charge in [-0.1, -0.05) is 48.9 Å². The van der Waals surface area contributed by atoms with E-state index in [9.17, 15) is 29.4 Å². The zero-order valence-corrected chi connectivity index (χ0v) is 22.5. The van der Waals surface area contributed by atoms with E-state index < -0.39 is 47.9 Å². The summed E-state index contributed by atoms with van der Waals surface area (Å²) < 4.78 is 0. The smallest absolute Gasteiger partial charge is 0.326 e. The average Bonchev–Trinajstić information content (AvgIpc) is 2.92. The lowest BCUT2D eigenvalue weighted by molar-refractivity contribution is -0.142. The summed E-state index contributed by atoms with van der Waals surface area (Å²) in [7, 11) is 0. The molecule has 2 aromatic carbocycles. The van der Waals surface area contributed by atoms with Crippen molar-refractivity contribution in [3.63, 3.8) is 0 Å². The molecular weight excluding hydrogens is 522 g/mol. The van der Waals surface area contributed by atoms with Crippen LogP contribution in [0.2, 0.25) is 0 Å². The third-order valence-electron chi connectivity index (χ3n) is 6.03. The molecule has 212 valence electrons. The number of nitrogens with two attached hydrogens (primary N) is 2. The normalized spacial score (nSPS) is 13.9. The van der Waals surface area contributed by atoms with Crippen LogP contribution in [0, 0.1) is 0 Å². The van der Waals surface area contributed by atoms with Crippen molar-refractivity contribution in [3.05, 3.63) is 65.7 Å². The molecule has 3 amide bonds. The maximum Gasteiger partial charge on any atom is 0.326 e. The molecule has 0 aliphatic heterocycles. The molecule has 9 N–H and O–H groups in total. The molecule has 12 heteroatoms. The van der Waals surface area contributed by atoms with Gasteiger partial charge in [0.1, 0.15) is 23.9 Å². The van der Waals surface area contributed by atoms with Gasteiger partial charge < -0.3 is 37.6 Å². The zero-order chi connectivity index (χ0) is 28.8. The third-order valence-corrected chi connectivity index (χ3v) is 6.39. The number of nitrogens with one attached hydrogen (secondary N) is 3. The molecule has 0 aliphatic carbocycles. The molecule has 0 saturated heterocycles. The van der Waals surface area contributed by atoms with Crippen LogP contribution in [-0.4, -0.2) is 70.4 Å². The summed E-state index contributed by atoms with van der Waals surface area (Å²) in [4.78, 5) is 50.7. The number of aromatic hydroxyl groups is 1. The van der Waals surface area contributed by atoms with Crippen molar-refractivity contribution in [1.29, 1.82) is 0 Å². The van der Waals surface area contributed by atoms with Gasteiger partial charge in [0.15, 0.2) is 0 Å². The van der Waals surface area contributed by atoms with E-state index in [0.29, 0.717) is 24.9 Å². The maximum absolute atomic E-state index is 13.2. The second-order valence-electron chi connectivity index (χ2n) is 9.16. The summed E-state index contributed by atoms with van der Waals surface area (Å²) in [6.45, 7) is 0.484. The Bertz CT molecular complexity index is 1090. The monoisotopic (exact) mass is 559 g/mol. The number of aliphatic carboxylic acids is 1. The number of hydrogen-bond acceptors (Lipinski definition) is 8. The number of carbonyl (C=O) groups excluding carboxylic acids is 3. The summed E-state index contributed by atoms with van der Waals surface area (Å²) in [6, 6.07) is 10.6. The van der Waals surface area contributed by atoms with Crippen molar-refractivity contribution >= 4 is 36.3 Å². The van der Waals surface area contributed by atoms with Crippen LogP contribution >= 0.6 is 12.6 Å². The largest absolute Gasteiger partial charge is 0.508 e. The number of carboxylic acids is 1. The molecule has 0 fully saturated rings. The van der Waals surface area contributed by atoms with Crippen LogP contribution in [0.3, 0.4) is 0 Å². The summed E-state index contributed by atoms with van der Waals surface area (Å²) >= 11 is 4.16. The molecule has 0 aromatic heterocycles. The second kappa shape index (κ2) is 16.4. The zero-order valence-electron chi connectivity index (χ0n) is 21.6. The number of unbranched alkanes of at least 4 members (excludes halogenated alkanes) is 1. The number of amides is 3. The molecule has 2 aromatic rings. The first-order valence-electron chi connectivity index (χ1n) is 12.7. The van der Waals surface area contributed by atoms with E-state index in [4.69, 9.17) is 11.5 Å². The van der Waals surface area contributed by atoms with Crippen LogP contribution in [0.4, 0.5) is 0 Å². The first-order valence-corrected chi connectivity index (χ1v) is 13.3. The van der Waals surface area contributed by atoms with Gasteiger partial charge in [0, 0.05) is 18.6 Å². The summed E-state index contributed by atoms with van der Waals surface area (Å²) in [6.07, 6.45) is 1.90. The number of hydrogen-bond donors (Lipinski definition) is 8. The molecule has 0 heterocycles. The van der Waals surface area contributed by atoms with E-state index in [1.54, 1.807) is 36.4 Å². The fraction of sp³-hybridized carbons (Fsp3) is 0.407. The Morgan fingerprint density at radius 3 is 1.90 bits per heavy atom. The SMILES string of the molecule is NCCCCC(N)C(=O)NC(Cc1ccccc1)C(=O)NC(CS)C(=O)NC(Cc1ccc(O)cc1)C(=O)O. The highest BCUT2D eigenvalue weighted by Gasteiger charge is 2.30. The predicted octanol–water partition coefficient (Wildman–Crippen LogP) is 0.103. The van der Waals surface area contributed by atoms with E-state index in [1.165, 1.54) is 12.1 Å². The van der Waals surface area contributed by atoms with E-state index in [1.807, 2.05) is 6.07 Å². The van der Waals surface area contributed by atoms with Gasteiger partial charge >= 0.3 is 5.97 Å². The van der Waals surface area contributed by atoms with Crippen LogP contribution in [-0.2, 0) is 32.0 Å². The van der Waals surface area contributed by atoms with Crippen LogP contribution in [0.15, 0.2) is 54.6 Å². The fourth-order valence-corrected chi connectivity index (χ4v) is 4.04. The molecule has 0 bridgehead atoms. The number of thiol groups is 1. The third kappa shape index (κ3) is 11.0. The lowest BCUT2D eigenvalue weighted by atomic mass is 10.0. The minimum absolute atomic E-state index is 0.0289. The number of carboxylic acid groups (broad SMARTS) is 1. The van der Waals surface area contributed by atoms with E-state index >= 15 is 0 Å². The molecule has 11 nitrogen and oxygen atoms in total. The van der Waals surface area contributed by atoms with Gasteiger partial charge in [0.25, 0.3) is 0 Å². The number of benzene rings is 2. The molecule has 2 rings (SSSR count). The van der Waals surface area contributed by atoms with Gasteiger partial charge in [0.05, 0.1) is 6.04 Å². The molecule has 39 heavy (non-hydrogen) atoms. The van der Waals surface area contributed by atoms with Gasteiger partial charge in [-0.15, -0.1) is 0 Å². The van der Waals surface area contributed by atoms with Crippen molar-refractivity contribution in [2.75, 3.05) is 12.3 Å². The van der Waals surface area contributed by atoms with Crippen LogP contribution in [0.25, 0.3) is 0 Å². The van der Waals surface area contributed by atoms with Gasteiger partial charge in [-0.05, 0) is 42.6 Å². The molecule has 0 aliphatic rings. The quantitative estimate of drug-likeness (QED) is 0.105. The van der Waals surface area contributed by atoms with Gasteiger partial charge in [-0.3, -0.25) is 14.4 Å². The van der Waals surface area contributed by atoms with Crippen LogP contribution in [0.1, 0.15) is 30.4 Å². The summed E-state index contributed by atoms with van der Waals surface area (Å²) in [5.74, 6) is -3.24. The maximum atomic E-state index is 13.2. The molecule has 4 unspecified atom stereocenters. The second-order valence-corrected chi connectivity index (χ2v) is 9.52. The Labute approximate surface area is 233 Å². The Morgan fingerprint density at radius 1 is 0.769 bits per heavy atom. The Morgan fingerprint density at radius 2 is 1.31 bits per heavy atom. The van der Waals surface area contributed by atoms with E-state index in [0.717, 1.165) is 12.0 Å². The Balaban J connectivity index is 2.10.